The SMILES string of the molecule is CC[C@H](C)[C@H](NC(=O)N(C)Cc1csc(CN)n1)C(=O)N[C@@H](Cc1ccccc1)[C@@H](O)CN(CC1CCC1)S(=O)(=O)c1ccc(C=NO)cc1. The fourth-order valence-electron chi connectivity index (χ4n) is 5.71. The second-order valence-corrected chi connectivity index (χ2v) is 15.8. The minimum Gasteiger partial charge on any atom is -0.411 e. The quantitative estimate of drug-likeness (QED) is 0.0747. The second-order valence-electron chi connectivity index (χ2n) is 12.9. The zero-order valence-electron chi connectivity index (χ0n) is 28.8. The number of aromatic nitrogens is 1. The van der Waals surface area contributed by atoms with Crippen LogP contribution in [0.5, 0.6) is 0 Å². The Balaban J connectivity index is 1.55. The van der Waals surface area contributed by atoms with Crippen LogP contribution in [0, 0.1) is 11.8 Å². The van der Waals surface area contributed by atoms with Crippen molar-refractivity contribution in [3.63, 3.8) is 0 Å². The van der Waals surface area contributed by atoms with Gasteiger partial charge in [-0.15, -0.1) is 11.3 Å². The minimum absolute atomic E-state index is 0.0447. The van der Waals surface area contributed by atoms with E-state index in [1.807, 2.05) is 49.6 Å². The molecule has 6 N–H and O–H groups in total. The van der Waals surface area contributed by atoms with Crippen molar-refractivity contribution >= 4 is 39.5 Å². The molecule has 1 aliphatic rings. The summed E-state index contributed by atoms with van der Waals surface area (Å²) >= 11 is 1.42. The number of thiazole rings is 1. The van der Waals surface area contributed by atoms with E-state index in [-0.39, 0.29) is 42.8 Å². The number of aliphatic hydroxyl groups excluding tert-OH is 1. The molecule has 4 atom stereocenters. The molecular formula is C35H49N7O6S2. The number of carbonyl (C=O) groups is 2. The lowest BCUT2D eigenvalue weighted by atomic mass is 9.85. The normalized spacial score (nSPS) is 16.0. The van der Waals surface area contributed by atoms with Crippen LogP contribution in [-0.2, 0) is 34.3 Å². The highest BCUT2D eigenvalue weighted by atomic mass is 32.2. The Labute approximate surface area is 298 Å². The van der Waals surface area contributed by atoms with Crippen LogP contribution in [0.1, 0.15) is 61.4 Å². The van der Waals surface area contributed by atoms with Crippen LogP contribution < -0.4 is 16.4 Å². The number of nitrogens with zero attached hydrogens (tertiary/aromatic N) is 4. The largest absolute Gasteiger partial charge is 0.411 e. The summed E-state index contributed by atoms with van der Waals surface area (Å²) in [4.78, 5) is 33.2. The molecule has 0 spiro atoms. The lowest BCUT2D eigenvalue weighted by molar-refractivity contribution is -0.125. The summed E-state index contributed by atoms with van der Waals surface area (Å²) in [6.07, 6.45) is 3.53. The van der Waals surface area contributed by atoms with Crippen LogP contribution in [0.25, 0.3) is 0 Å². The van der Waals surface area contributed by atoms with Gasteiger partial charge in [0.15, 0.2) is 0 Å². The van der Waals surface area contributed by atoms with E-state index < -0.39 is 40.1 Å². The van der Waals surface area contributed by atoms with Crippen LogP contribution in [-0.4, -0.2) is 89.4 Å². The molecule has 0 bridgehead atoms. The van der Waals surface area contributed by atoms with Gasteiger partial charge >= 0.3 is 6.03 Å². The van der Waals surface area contributed by atoms with Crippen LogP contribution >= 0.6 is 11.3 Å². The molecule has 0 unspecified atom stereocenters. The van der Waals surface area contributed by atoms with Gasteiger partial charge in [-0.05, 0) is 54.4 Å². The van der Waals surface area contributed by atoms with E-state index in [4.69, 9.17) is 10.9 Å². The Morgan fingerprint density at radius 3 is 2.42 bits per heavy atom. The van der Waals surface area contributed by atoms with Crippen molar-refractivity contribution in [1.82, 2.24) is 24.8 Å². The third-order valence-corrected chi connectivity index (χ3v) is 12.0. The molecule has 3 amide bonds. The Morgan fingerprint density at radius 2 is 1.84 bits per heavy atom. The molecule has 1 aliphatic carbocycles. The number of carbonyl (C=O) groups excluding carboxylic acids is 2. The molecular weight excluding hydrogens is 679 g/mol. The Hall–Kier alpha value is -3.89. The van der Waals surface area contributed by atoms with Crippen molar-refractivity contribution in [2.24, 2.45) is 22.7 Å². The third-order valence-electron chi connectivity index (χ3n) is 9.19. The van der Waals surface area contributed by atoms with Crippen LogP contribution in [0.15, 0.2) is 70.0 Å². The highest BCUT2D eigenvalue weighted by molar-refractivity contribution is 7.89. The zero-order chi connectivity index (χ0) is 36.3. The van der Waals surface area contributed by atoms with Crippen LogP contribution in [0.2, 0.25) is 0 Å². The van der Waals surface area contributed by atoms with Gasteiger partial charge in [-0.3, -0.25) is 4.79 Å². The smallest absolute Gasteiger partial charge is 0.318 e. The van der Waals surface area contributed by atoms with E-state index in [9.17, 15) is 23.1 Å². The highest BCUT2D eigenvalue weighted by Gasteiger charge is 2.35. The highest BCUT2D eigenvalue weighted by Crippen LogP contribution is 2.30. The predicted molar refractivity (Wildman–Crippen MR) is 193 cm³/mol. The maximum Gasteiger partial charge on any atom is 0.318 e. The van der Waals surface area contributed by atoms with Crippen LogP contribution in [0.4, 0.5) is 4.79 Å². The second kappa shape index (κ2) is 18.4. The third kappa shape index (κ3) is 10.6. The molecule has 1 heterocycles. The fourth-order valence-corrected chi connectivity index (χ4v) is 7.91. The van der Waals surface area contributed by atoms with Crippen molar-refractivity contribution in [3.05, 3.63) is 81.8 Å². The first-order chi connectivity index (χ1) is 23.9. The molecule has 1 aromatic heterocycles. The van der Waals surface area contributed by atoms with Crippen molar-refractivity contribution in [2.45, 2.75) is 82.1 Å². The standard InChI is InChI=1S/C35H49N7O6S2/c1-4-24(2)33(40-35(45)41(3)21-28-23-49-32(18-36)38-28)34(44)39-30(17-25-9-6-5-7-10-25)31(43)22-42(20-27-11-8-12-27)50(47,48)29-15-13-26(14-16-29)19-37-46/h5-7,9-10,13-16,19,23-24,27,30-31,33,43,46H,4,8,11-12,17-18,20-22,36H2,1-3H3,(H,39,44)(H,40,45)/t24-,30-,31-,33-/m0/s1. The van der Waals surface area contributed by atoms with Crippen molar-refractivity contribution in [1.29, 1.82) is 0 Å². The number of oxime groups is 1. The van der Waals surface area contributed by atoms with E-state index in [2.05, 4.69) is 20.8 Å². The molecule has 15 heteroatoms. The molecule has 0 saturated heterocycles. The topological polar surface area (TPSA) is 191 Å². The molecule has 272 valence electrons. The number of hydrogen-bond donors (Lipinski definition) is 5. The minimum atomic E-state index is -4.04. The van der Waals surface area contributed by atoms with E-state index in [1.54, 1.807) is 7.05 Å². The zero-order valence-corrected chi connectivity index (χ0v) is 30.4. The number of amides is 3. The number of nitrogens with one attached hydrogen (secondary N) is 2. The van der Waals surface area contributed by atoms with Gasteiger partial charge in [-0.2, -0.15) is 4.31 Å². The molecule has 1 fully saturated rings. The Kier molecular flexibility index (Phi) is 14.3. The lowest BCUT2D eigenvalue weighted by Gasteiger charge is -2.35. The summed E-state index contributed by atoms with van der Waals surface area (Å²) in [5.41, 5.74) is 7.74. The van der Waals surface area contributed by atoms with Crippen molar-refractivity contribution in [3.8, 4) is 0 Å². The van der Waals surface area contributed by atoms with E-state index in [1.165, 1.54) is 51.0 Å². The molecule has 0 radical (unpaired) electrons. The number of aliphatic hydroxyl groups is 1. The van der Waals surface area contributed by atoms with Crippen molar-refractivity contribution < 1.29 is 28.3 Å². The molecule has 50 heavy (non-hydrogen) atoms. The molecule has 3 aromatic rings. The van der Waals surface area contributed by atoms with Gasteiger partial charge in [-0.1, -0.05) is 74.3 Å². The van der Waals surface area contributed by atoms with E-state index in [0.717, 1.165) is 29.8 Å². The van der Waals surface area contributed by atoms with E-state index >= 15 is 0 Å². The molecule has 0 aliphatic heterocycles. The van der Waals surface area contributed by atoms with Gasteiger partial charge in [0.25, 0.3) is 0 Å². The first-order valence-electron chi connectivity index (χ1n) is 16.9. The molecule has 4 rings (SSSR count). The van der Waals surface area contributed by atoms with Crippen LogP contribution in [0.3, 0.4) is 0 Å². The maximum atomic E-state index is 14.0. The number of nitrogens with two attached hydrogens (primary N) is 1. The fraction of sp³-hybridized carbons (Fsp3) is 0.486. The molecule has 13 nitrogen and oxygen atoms in total. The first kappa shape index (κ1) is 38.9. The summed E-state index contributed by atoms with van der Waals surface area (Å²) < 4.78 is 29.2. The summed E-state index contributed by atoms with van der Waals surface area (Å²) in [5.74, 6) is -0.567. The summed E-state index contributed by atoms with van der Waals surface area (Å²) in [6, 6.07) is 13.0. The maximum absolute atomic E-state index is 14.0. The summed E-state index contributed by atoms with van der Waals surface area (Å²) in [7, 11) is -2.42. The lowest BCUT2D eigenvalue weighted by Crippen LogP contribution is -2.58. The van der Waals surface area contributed by atoms with E-state index in [0.29, 0.717) is 24.2 Å². The summed E-state index contributed by atoms with van der Waals surface area (Å²) in [5, 5.41) is 32.1. The predicted octanol–water partition coefficient (Wildman–Crippen LogP) is 3.55. The average Bonchev–Trinajstić information content (AvgIpc) is 3.55. The Morgan fingerprint density at radius 1 is 1.14 bits per heavy atom. The summed E-state index contributed by atoms with van der Waals surface area (Å²) in [6.45, 7) is 4.31. The number of benzene rings is 2. The number of rotatable bonds is 18. The van der Waals surface area contributed by atoms with Gasteiger partial charge in [-0.25, -0.2) is 18.2 Å². The Bertz CT molecular complexity index is 1670. The first-order valence-corrected chi connectivity index (χ1v) is 19.2. The monoisotopic (exact) mass is 727 g/mol. The van der Waals surface area contributed by atoms with Gasteiger partial charge in [0.05, 0.1) is 35.5 Å². The average molecular weight is 728 g/mol. The van der Waals surface area contributed by atoms with Gasteiger partial charge < -0.3 is 31.6 Å². The van der Waals surface area contributed by atoms with Gasteiger partial charge in [0.2, 0.25) is 15.9 Å². The number of sulfonamides is 1. The molecule has 1 saturated carbocycles. The molecule has 2 aromatic carbocycles. The van der Waals surface area contributed by atoms with Gasteiger partial charge in [0.1, 0.15) is 11.0 Å². The van der Waals surface area contributed by atoms with Gasteiger partial charge in [0, 0.05) is 32.1 Å². The number of urea groups is 1. The van der Waals surface area contributed by atoms with Crippen molar-refractivity contribution in [2.75, 3.05) is 20.1 Å². The number of hydrogen-bond acceptors (Lipinski definition) is 10.